The van der Waals surface area contributed by atoms with Crippen molar-refractivity contribution < 1.29 is 19.1 Å². The van der Waals surface area contributed by atoms with Gasteiger partial charge in [-0.1, -0.05) is 0 Å². The molecule has 0 saturated carbocycles. The molecule has 1 rings (SSSR count). The number of rotatable bonds is 3. The fraction of sp³-hybridized carbons (Fsp3) is 0.222. The summed E-state index contributed by atoms with van der Waals surface area (Å²) in [6, 6.07) is 0.406. The van der Waals surface area contributed by atoms with Gasteiger partial charge in [-0.15, -0.1) is 0 Å². The molecule has 0 fully saturated rings. The molecule has 1 heterocycles. The molecule has 0 saturated heterocycles. The van der Waals surface area contributed by atoms with Crippen LogP contribution in [0.1, 0.15) is 10.5 Å². The predicted molar refractivity (Wildman–Crippen MR) is 57.8 cm³/mol. The van der Waals surface area contributed by atoms with Gasteiger partial charge < -0.3 is 20.8 Å². The van der Waals surface area contributed by atoms with Crippen molar-refractivity contribution in [2.45, 2.75) is 0 Å². The van der Waals surface area contributed by atoms with E-state index in [4.69, 9.17) is 11.5 Å². The van der Waals surface area contributed by atoms with Crippen molar-refractivity contribution in [1.29, 1.82) is 0 Å². The first-order valence-electron chi connectivity index (χ1n) is 4.58. The topological polar surface area (TPSA) is 129 Å². The van der Waals surface area contributed by atoms with E-state index in [9.17, 15) is 14.4 Å². The number of aromatic nitrogens is 1. The number of nitrogens with two attached hydrogens (primary N) is 2. The number of urea groups is 1. The lowest BCUT2D eigenvalue weighted by Crippen LogP contribution is -2.37. The SMILES string of the molecule is Cn1cc(N)cc1C(=O)OCC(=O)NC(N)=O. The average molecular weight is 240 g/mol. The molecule has 0 aliphatic heterocycles. The molecule has 5 N–H and O–H groups in total. The summed E-state index contributed by atoms with van der Waals surface area (Å²) in [5.41, 5.74) is 10.8. The van der Waals surface area contributed by atoms with E-state index in [0.717, 1.165) is 0 Å². The Hall–Kier alpha value is -2.51. The lowest BCUT2D eigenvalue weighted by atomic mass is 10.4. The Balaban J connectivity index is 2.53. The number of nitrogen functional groups attached to an aromatic ring is 1. The molecule has 1 aromatic rings. The summed E-state index contributed by atoms with van der Waals surface area (Å²) >= 11 is 0. The third-order valence-electron chi connectivity index (χ3n) is 1.83. The standard InChI is InChI=1S/C9H12N4O4/c1-13-3-5(10)2-6(13)8(15)17-4-7(14)12-9(11)16/h2-3H,4,10H2,1H3,(H3,11,12,14,16). The number of carbonyl (C=O) groups excluding carboxylic acids is 3. The normalized spacial score (nSPS) is 9.71. The van der Waals surface area contributed by atoms with Crippen LogP contribution < -0.4 is 16.8 Å². The lowest BCUT2D eigenvalue weighted by molar-refractivity contribution is -0.123. The molecular weight excluding hydrogens is 228 g/mol. The van der Waals surface area contributed by atoms with Crippen LogP contribution in [-0.2, 0) is 16.6 Å². The lowest BCUT2D eigenvalue weighted by Gasteiger charge is -2.04. The van der Waals surface area contributed by atoms with E-state index in [1.165, 1.54) is 16.8 Å². The van der Waals surface area contributed by atoms with Crippen LogP contribution in [0.5, 0.6) is 0 Å². The van der Waals surface area contributed by atoms with Crippen LogP contribution in [0.2, 0.25) is 0 Å². The largest absolute Gasteiger partial charge is 0.451 e. The van der Waals surface area contributed by atoms with Gasteiger partial charge in [-0.3, -0.25) is 10.1 Å². The van der Waals surface area contributed by atoms with E-state index in [1.54, 1.807) is 12.4 Å². The first-order valence-corrected chi connectivity index (χ1v) is 4.58. The zero-order valence-corrected chi connectivity index (χ0v) is 9.10. The van der Waals surface area contributed by atoms with Crippen LogP contribution in [-0.4, -0.2) is 29.1 Å². The maximum Gasteiger partial charge on any atom is 0.355 e. The minimum absolute atomic E-state index is 0.203. The zero-order valence-electron chi connectivity index (χ0n) is 9.10. The molecule has 0 spiro atoms. The predicted octanol–water partition coefficient (Wildman–Crippen LogP) is -1.04. The molecule has 1 aromatic heterocycles. The Bertz CT molecular complexity index is 466. The number of imide groups is 1. The van der Waals surface area contributed by atoms with Gasteiger partial charge in [-0.05, 0) is 6.07 Å². The molecule has 8 heteroatoms. The van der Waals surface area contributed by atoms with E-state index in [-0.39, 0.29) is 5.69 Å². The highest BCUT2D eigenvalue weighted by Gasteiger charge is 2.14. The number of nitrogens with one attached hydrogen (secondary N) is 1. The number of hydrogen-bond acceptors (Lipinski definition) is 5. The fourth-order valence-electron chi connectivity index (χ4n) is 1.17. The molecule has 0 atom stereocenters. The van der Waals surface area contributed by atoms with E-state index < -0.39 is 24.5 Å². The first kappa shape index (κ1) is 12.6. The summed E-state index contributed by atoms with van der Waals surface area (Å²) in [7, 11) is 1.61. The molecule has 17 heavy (non-hydrogen) atoms. The van der Waals surface area contributed by atoms with Crippen LogP contribution in [0.15, 0.2) is 12.3 Å². The second kappa shape index (κ2) is 5.01. The van der Waals surface area contributed by atoms with Gasteiger partial charge in [0.2, 0.25) is 0 Å². The number of amides is 3. The number of aryl methyl sites for hydroxylation is 1. The molecule has 0 radical (unpaired) electrons. The van der Waals surface area contributed by atoms with Crippen LogP contribution in [0.25, 0.3) is 0 Å². The number of carbonyl (C=O) groups is 3. The molecule has 3 amide bonds. The second-order valence-corrected chi connectivity index (χ2v) is 3.26. The highest BCUT2D eigenvalue weighted by atomic mass is 16.5. The highest BCUT2D eigenvalue weighted by molar-refractivity contribution is 5.96. The Morgan fingerprint density at radius 3 is 2.59 bits per heavy atom. The second-order valence-electron chi connectivity index (χ2n) is 3.26. The van der Waals surface area contributed by atoms with Crippen molar-refractivity contribution in [3.63, 3.8) is 0 Å². The summed E-state index contributed by atoms with van der Waals surface area (Å²) in [5.74, 6) is -1.52. The molecule has 8 nitrogen and oxygen atoms in total. The maximum atomic E-state index is 11.5. The van der Waals surface area contributed by atoms with Crippen molar-refractivity contribution in [3.05, 3.63) is 18.0 Å². The Morgan fingerprint density at radius 1 is 1.47 bits per heavy atom. The average Bonchev–Trinajstić information content (AvgIpc) is 2.53. The van der Waals surface area contributed by atoms with E-state index >= 15 is 0 Å². The van der Waals surface area contributed by atoms with E-state index in [2.05, 4.69) is 4.74 Å². The quantitative estimate of drug-likeness (QED) is 0.581. The number of anilines is 1. The Labute approximate surface area is 96.5 Å². The van der Waals surface area contributed by atoms with Crippen molar-refractivity contribution in [2.75, 3.05) is 12.3 Å². The van der Waals surface area contributed by atoms with Gasteiger partial charge in [0.05, 0.1) is 5.69 Å². The Kier molecular flexibility index (Phi) is 3.70. The maximum absolute atomic E-state index is 11.5. The minimum Gasteiger partial charge on any atom is -0.451 e. The zero-order chi connectivity index (χ0) is 13.0. The van der Waals surface area contributed by atoms with Crippen molar-refractivity contribution >= 4 is 23.6 Å². The summed E-state index contributed by atoms with van der Waals surface area (Å²) in [4.78, 5) is 32.7. The molecule has 0 unspecified atom stereocenters. The summed E-state index contributed by atoms with van der Waals surface area (Å²) in [6.07, 6.45) is 1.53. The molecule has 0 bridgehead atoms. The number of nitrogens with zero attached hydrogens (tertiary/aromatic N) is 1. The third kappa shape index (κ3) is 3.52. The molecule has 0 aromatic carbocycles. The van der Waals surface area contributed by atoms with Crippen molar-refractivity contribution in [2.24, 2.45) is 12.8 Å². The summed E-state index contributed by atoms with van der Waals surface area (Å²) in [5, 5.41) is 1.76. The van der Waals surface area contributed by atoms with Gasteiger partial charge in [-0.2, -0.15) is 0 Å². The smallest absolute Gasteiger partial charge is 0.355 e. The first-order chi connectivity index (χ1) is 7.90. The molecule has 92 valence electrons. The fourth-order valence-corrected chi connectivity index (χ4v) is 1.17. The molecular formula is C9H12N4O4. The monoisotopic (exact) mass is 240 g/mol. The Morgan fingerprint density at radius 2 is 2.12 bits per heavy atom. The number of esters is 1. The van der Waals surface area contributed by atoms with Gasteiger partial charge >= 0.3 is 12.0 Å². The van der Waals surface area contributed by atoms with Crippen molar-refractivity contribution in [1.82, 2.24) is 9.88 Å². The minimum atomic E-state index is -1.01. The van der Waals surface area contributed by atoms with Gasteiger partial charge in [0, 0.05) is 13.2 Å². The van der Waals surface area contributed by atoms with Crippen LogP contribution >= 0.6 is 0 Å². The van der Waals surface area contributed by atoms with Gasteiger partial charge in [0.15, 0.2) is 6.61 Å². The van der Waals surface area contributed by atoms with Gasteiger partial charge in [-0.25, -0.2) is 9.59 Å². The van der Waals surface area contributed by atoms with Crippen LogP contribution in [0, 0.1) is 0 Å². The van der Waals surface area contributed by atoms with Crippen molar-refractivity contribution in [3.8, 4) is 0 Å². The number of ether oxygens (including phenoxy) is 1. The number of hydrogen-bond donors (Lipinski definition) is 3. The molecule has 0 aliphatic carbocycles. The molecule has 0 aliphatic rings. The van der Waals surface area contributed by atoms with E-state index in [0.29, 0.717) is 5.69 Å². The summed E-state index contributed by atoms with van der Waals surface area (Å²) in [6.45, 7) is -0.590. The summed E-state index contributed by atoms with van der Waals surface area (Å²) < 4.78 is 6.11. The van der Waals surface area contributed by atoms with Gasteiger partial charge in [0.1, 0.15) is 5.69 Å². The number of primary amides is 1. The highest BCUT2D eigenvalue weighted by Crippen LogP contribution is 2.09. The van der Waals surface area contributed by atoms with Crippen LogP contribution in [0.3, 0.4) is 0 Å². The van der Waals surface area contributed by atoms with Crippen LogP contribution in [0.4, 0.5) is 10.5 Å². The van der Waals surface area contributed by atoms with Gasteiger partial charge in [0.25, 0.3) is 5.91 Å². The van der Waals surface area contributed by atoms with E-state index in [1.807, 2.05) is 0 Å². The third-order valence-corrected chi connectivity index (χ3v) is 1.83.